The van der Waals surface area contributed by atoms with Gasteiger partial charge in [-0.25, -0.2) is 9.78 Å². The first-order valence-electron chi connectivity index (χ1n) is 5.78. The number of ether oxygens (including phenoxy) is 1. The first-order valence-corrected chi connectivity index (χ1v) is 6.66. The Kier molecular flexibility index (Phi) is 4.31. The smallest absolute Gasteiger partial charge is 0.337 e. The molecule has 0 unspecified atom stereocenters. The normalized spacial score (nSPS) is 10.7. The summed E-state index contributed by atoms with van der Waals surface area (Å²) >= 11 is 1.36. The van der Waals surface area contributed by atoms with Crippen molar-refractivity contribution in [3.63, 3.8) is 0 Å². The molecule has 7 heteroatoms. The Bertz CT molecular complexity index is 652. The predicted molar refractivity (Wildman–Crippen MR) is 80.3 cm³/mol. The van der Waals surface area contributed by atoms with Crippen LogP contribution in [0.25, 0.3) is 0 Å². The number of esters is 1. The summed E-state index contributed by atoms with van der Waals surface area (Å²) in [5, 5.41) is 6.39. The third-order valence-electron chi connectivity index (χ3n) is 2.42. The van der Waals surface area contributed by atoms with Crippen LogP contribution in [0.2, 0.25) is 0 Å². The van der Waals surface area contributed by atoms with E-state index in [4.69, 9.17) is 10.5 Å². The van der Waals surface area contributed by atoms with Crippen molar-refractivity contribution in [3.05, 3.63) is 40.3 Å². The Hall–Kier alpha value is -2.41. The molecule has 3 N–H and O–H groups in total. The molecule has 0 spiro atoms. The summed E-state index contributed by atoms with van der Waals surface area (Å²) in [5.74, 6) is 0.0836. The number of hydrogen-bond donors (Lipinski definition) is 2. The lowest BCUT2D eigenvalue weighted by Gasteiger charge is -2.03. The molecule has 0 aliphatic carbocycles. The predicted octanol–water partition coefficient (Wildman–Crippen LogP) is 2.27. The van der Waals surface area contributed by atoms with Gasteiger partial charge >= 0.3 is 5.97 Å². The zero-order valence-electron chi connectivity index (χ0n) is 11.1. The number of hydrogen-bond acceptors (Lipinski definition) is 7. The number of thiazole rings is 1. The van der Waals surface area contributed by atoms with Crippen LogP contribution in [0.5, 0.6) is 0 Å². The fraction of sp³-hybridized carbons (Fsp3) is 0.154. The summed E-state index contributed by atoms with van der Waals surface area (Å²) in [6.07, 6.45) is 1.61. The molecule has 0 fully saturated rings. The van der Waals surface area contributed by atoms with E-state index >= 15 is 0 Å². The van der Waals surface area contributed by atoms with Gasteiger partial charge in [0, 0.05) is 5.38 Å². The maximum Gasteiger partial charge on any atom is 0.337 e. The molecule has 1 aromatic carbocycles. The molecule has 2 rings (SSSR count). The third kappa shape index (κ3) is 3.55. The van der Waals surface area contributed by atoms with Crippen molar-refractivity contribution in [2.45, 2.75) is 6.92 Å². The third-order valence-corrected chi connectivity index (χ3v) is 3.18. The van der Waals surface area contributed by atoms with Crippen LogP contribution in [-0.4, -0.2) is 24.3 Å². The second-order valence-corrected chi connectivity index (χ2v) is 4.93. The zero-order chi connectivity index (χ0) is 14.5. The molecule has 0 radical (unpaired) electrons. The quantitative estimate of drug-likeness (QED) is 0.512. The highest BCUT2D eigenvalue weighted by Crippen LogP contribution is 2.16. The zero-order valence-corrected chi connectivity index (χ0v) is 11.9. The van der Waals surface area contributed by atoms with E-state index in [-0.39, 0.29) is 5.97 Å². The minimum Gasteiger partial charge on any atom is -0.465 e. The van der Waals surface area contributed by atoms with E-state index in [0.717, 1.165) is 11.1 Å². The van der Waals surface area contributed by atoms with Crippen molar-refractivity contribution in [3.8, 4) is 0 Å². The van der Waals surface area contributed by atoms with E-state index < -0.39 is 0 Å². The molecule has 0 amide bonds. The molecule has 2 aromatic rings. The summed E-state index contributed by atoms with van der Waals surface area (Å²) in [5.41, 5.74) is 10.5. The van der Waals surface area contributed by atoms with Gasteiger partial charge in [-0.05, 0) is 30.2 Å². The molecular formula is C13H14N4O2S. The van der Waals surface area contributed by atoms with Crippen LogP contribution < -0.4 is 11.2 Å². The van der Waals surface area contributed by atoms with Crippen LogP contribution >= 0.6 is 11.3 Å². The molecule has 1 aromatic heterocycles. The lowest BCUT2D eigenvalue weighted by molar-refractivity contribution is 0.0600. The fourth-order valence-electron chi connectivity index (χ4n) is 1.62. The number of hydrazone groups is 1. The number of anilines is 2. The molecule has 104 valence electrons. The van der Waals surface area contributed by atoms with Gasteiger partial charge in [0.05, 0.1) is 18.9 Å². The lowest BCUT2D eigenvalue weighted by Crippen LogP contribution is -2.02. The van der Waals surface area contributed by atoms with Gasteiger partial charge in [-0.1, -0.05) is 6.07 Å². The molecule has 0 saturated heterocycles. The van der Waals surface area contributed by atoms with Crippen LogP contribution in [-0.2, 0) is 4.74 Å². The number of benzene rings is 1. The van der Waals surface area contributed by atoms with Crippen LogP contribution in [0.4, 0.5) is 10.9 Å². The number of rotatable bonds is 4. The van der Waals surface area contributed by atoms with Crippen LogP contribution in [0.3, 0.4) is 0 Å². The van der Waals surface area contributed by atoms with Crippen molar-refractivity contribution < 1.29 is 9.53 Å². The Morgan fingerprint density at radius 2 is 2.30 bits per heavy atom. The number of aromatic nitrogens is 1. The Morgan fingerprint density at radius 1 is 1.50 bits per heavy atom. The van der Waals surface area contributed by atoms with Gasteiger partial charge in [-0.2, -0.15) is 5.10 Å². The molecule has 6 nitrogen and oxygen atoms in total. The summed E-state index contributed by atoms with van der Waals surface area (Å²) in [4.78, 5) is 15.5. The number of methoxy groups -OCH3 is 1. The van der Waals surface area contributed by atoms with Gasteiger partial charge in [-0.15, -0.1) is 11.3 Å². The van der Waals surface area contributed by atoms with Crippen LogP contribution in [0.1, 0.15) is 21.5 Å². The monoisotopic (exact) mass is 290 g/mol. The highest BCUT2D eigenvalue weighted by molar-refractivity contribution is 7.14. The number of carbonyl (C=O) groups excluding carboxylic acids is 1. The molecule has 20 heavy (non-hydrogen) atoms. The second kappa shape index (κ2) is 6.16. The van der Waals surface area contributed by atoms with Crippen molar-refractivity contribution in [1.82, 2.24) is 4.98 Å². The molecule has 0 aliphatic rings. The van der Waals surface area contributed by atoms with Gasteiger partial charge in [0.1, 0.15) is 5.82 Å². The Morgan fingerprint density at radius 3 is 2.95 bits per heavy atom. The minimum atomic E-state index is -0.371. The summed E-state index contributed by atoms with van der Waals surface area (Å²) < 4.78 is 4.70. The minimum absolute atomic E-state index is 0.371. The molecule has 0 aliphatic heterocycles. The average molecular weight is 290 g/mol. The number of nitrogens with one attached hydrogen (secondary N) is 1. The van der Waals surface area contributed by atoms with Crippen molar-refractivity contribution in [2.75, 3.05) is 18.3 Å². The molecule has 0 bridgehead atoms. The van der Waals surface area contributed by atoms with E-state index in [1.54, 1.807) is 23.7 Å². The maximum atomic E-state index is 11.5. The Balaban J connectivity index is 2.12. The van der Waals surface area contributed by atoms with Crippen molar-refractivity contribution >= 4 is 34.5 Å². The van der Waals surface area contributed by atoms with Gasteiger partial charge in [-0.3, -0.25) is 5.43 Å². The van der Waals surface area contributed by atoms with E-state index in [2.05, 4.69) is 15.5 Å². The van der Waals surface area contributed by atoms with Gasteiger partial charge in [0.15, 0.2) is 0 Å². The van der Waals surface area contributed by atoms with Gasteiger partial charge in [0.25, 0.3) is 0 Å². The topological polar surface area (TPSA) is 89.6 Å². The van der Waals surface area contributed by atoms with E-state index in [9.17, 15) is 4.79 Å². The Labute approximate surface area is 120 Å². The summed E-state index contributed by atoms with van der Waals surface area (Å²) in [6, 6.07) is 5.38. The first kappa shape index (κ1) is 14.0. The molecule has 0 atom stereocenters. The average Bonchev–Trinajstić information content (AvgIpc) is 2.83. The lowest BCUT2D eigenvalue weighted by atomic mass is 10.1. The number of nitrogen functional groups attached to an aromatic ring is 1. The molecule has 1 heterocycles. The van der Waals surface area contributed by atoms with E-state index in [1.165, 1.54) is 18.4 Å². The number of nitrogens with two attached hydrogens (primary N) is 1. The SMILES string of the molecule is COC(=O)c1cc(C)cc(C=NNc2nc(N)cs2)c1. The van der Waals surface area contributed by atoms with Crippen LogP contribution in [0, 0.1) is 6.92 Å². The number of nitrogens with zero attached hydrogens (tertiary/aromatic N) is 2. The maximum absolute atomic E-state index is 11.5. The van der Waals surface area contributed by atoms with E-state index in [1.807, 2.05) is 13.0 Å². The van der Waals surface area contributed by atoms with Crippen molar-refractivity contribution in [2.24, 2.45) is 5.10 Å². The fourth-order valence-corrected chi connectivity index (χ4v) is 2.17. The molecular weight excluding hydrogens is 276 g/mol. The highest BCUT2D eigenvalue weighted by atomic mass is 32.1. The first-order chi connectivity index (χ1) is 9.58. The highest BCUT2D eigenvalue weighted by Gasteiger charge is 2.06. The standard InChI is InChI=1S/C13H14N4O2S/c1-8-3-9(5-10(4-8)12(18)19-2)6-15-17-13-16-11(14)7-20-13/h3-7H,14H2,1-2H3,(H,16,17). The number of carbonyl (C=O) groups is 1. The second-order valence-electron chi connectivity index (χ2n) is 4.07. The van der Waals surface area contributed by atoms with Gasteiger partial charge < -0.3 is 10.5 Å². The van der Waals surface area contributed by atoms with Gasteiger partial charge in [0.2, 0.25) is 5.13 Å². The summed E-state index contributed by atoms with van der Waals surface area (Å²) in [7, 11) is 1.35. The molecule has 0 saturated carbocycles. The number of aryl methyl sites for hydroxylation is 1. The van der Waals surface area contributed by atoms with Crippen LogP contribution in [0.15, 0.2) is 28.7 Å². The van der Waals surface area contributed by atoms with E-state index in [0.29, 0.717) is 16.5 Å². The van der Waals surface area contributed by atoms with Crippen molar-refractivity contribution in [1.29, 1.82) is 0 Å². The largest absolute Gasteiger partial charge is 0.465 e. The summed E-state index contributed by atoms with van der Waals surface area (Å²) in [6.45, 7) is 1.90.